The number of allylic oxidation sites excluding steroid dienone is 1. The SMILES string of the molecule is CC/C=C(\C)C(=O)[O-].C[NH2+]C. The molecule has 11 heavy (non-hydrogen) atoms. The average Bonchev–Trinajstić information content (AvgIpc) is 1.90. The minimum absolute atomic E-state index is 0.313. The Hall–Kier alpha value is -0.830. The second kappa shape index (κ2) is 9.17. The van der Waals surface area contributed by atoms with Crippen LogP contribution in [-0.4, -0.2) is 20.1 Å². The number of quaternary nitrogens is 1. The summed E-state index contributed by atoms with van der Waals surface area (Å²) >= 11 is 0. The van der Waals surface area contributed by atoms with E-state index in [1.807, 2.05) is 26.3 Å². The molecule has 0 fully saturated rings. The number of carbonyl (C=O) groups is 1. The maximum Gasteiger partial charge on any atom is 0.0668 e. The van der Waals surface area contributed by atoms with E-state index in [1.165, 1.54) is 6.92 Å². The first kappa shape index (κ1) is 12.8. The fourth-order valence-electron chi connectivity index (χ4n) is 0.390. The Morgan fingerprint density at radius 1 is 1.55 bits per heavy atom. The van der Waals surface area contributed by atoms with Crippen molar-refractivity contribution in [2.75, 3.05) is 14.1 Å². The van der Waals surface area contributed by atoms with Crippen molar-refractivity contribution in [1.29, 1.82) is 0 Å². The molecule has 0 amide bonds. The lowest BCUT2D eigenvalue weighted by Gasteiger charge is -1.97. The van der Waals surface area contributed by atoms with Gasteiger partial charge in [-0.3, -0.25) is 0 Å². The number of carboxylic acids is 1. The van der Waals surface area contributed by atoms with E-state index in [0.29, 0.717) is 5.57 Å². The number of rotatable bonds is 2. The molecule has 0 aliphatic rings. The number of aliphatic carboxylic acids is 1. The summed E-state index contributed by atoms with van der Waals surface area (Å²) in [6, 6.07) is 0. The van der Waals surface area contributed by atoms with Gasteiger partial charge in [0.05, 0.1) is 20.1 Å². The van der Waals surface area contributed by atoms with Crippen molar-refractivity contribution >= 4 is 5.97 Å². The predicted octanol–water partition coefficient (Wildman–Crippen LogP) is -1.10. The van der Waals surface area contributed by atoms with Gasteiger partial charge in [0.2, 0.25) is 0 Å². The quantitative estimate of drug-likeness (QED) is 0.520. The molecule has 3 heteroatoms. The largest absolute Gasteiger partial charge is 0.545 e. The highest BCUT2D eigenvalue weighted by Crippen LogP contribution is 1.90. The van der Waals surface area contributed by atoms with E-state index in [9.17, 15) is 9.90 Å². The first-order valence-electron chi connectivity index (χ1n) is 3.72. The van der Waals surface area contributed by atoms with E-state index >= 15 is 0 Å². The molecule has 0 heterocycles. The molecule has 0 aliphatic heterocycles. The first-order valence-corrected chi connectivity index (χ1v) is 3.72. The second-order valence-electron chi connectivity index (χ2n) is 2.16. The molecular formula is C8H17NO2. The van der Waals surface area contributed by atoms with Crippen LogP contribution >= 0.6 is 0 Å². The summed E-state index contributed by atoms with van der Waals surface area (Å²) in [6.07, 6.45) is 2.37. The fourth-order valence-corrected chi connectivity index (χ4v) is 0.390. The van der Waals surface area contributed by atoms with Crippen LogP contribution in [0.2, 0.25) is 0 Å². The molecule has 3 nitrogen and oxygen atoms in total. The van der Waals surface area contributed by atoms with Crippen LogP contribution in [0.3, 0.4) is 0 Å². The van der Waals surface area contributed by atoms with Crippen molar-refractivity contribution in [3.63, 3.8) is 0 Å². The van der Waals surface area contributed by atoms with Gasteiger partial charge < -0.3 is 15.2 Å². The van der Waals surface area contributed by atoms with Gasteiger partial charge >= 0.3 is 0 Å². The highest BCUT2D eigenvalue weighted by molar-refractivity contribution is 5.83. The van der Waals surface area contributed by atoms with E-state index in [1.54, 1.807) is 6.08 Å². The Morgan fingerprint density at radius 3 is 2.00 bits per heavy atom. The molecule has 66 valence electrons. The summed E-state index contributed by atoms with van der Waals surface area (Å²) in [6.45, 7) is 3.41. The number of hydrogen-bond donors (Lipinski definition) is 1. The number of carbonyl (C=O) groups excluding carboxylic acids is 1. The van der Waals surface area contributed by atoms with Crippen LogP contribution in [-0.2, 0) is 4.79 Å². The van der Waals surface area contributed by atoms with E-state index in [-0.39, 0.29) is 0 Å². The van der Waals surface area contributed by atoms with Crippen molar-refractivity contribution in [3.05, 3.63) is 11.6 Å². The lowest BCUT2D eigenvalue weighted by atomic mass is 10.2. The Labute approximate surface area is 68.1 Å². The van der Waals surface area contributed by atoms with E-state index in [0.717, 1.165) is 6.42 Å². The fraction of sp³-hybridized carbons (Fsp3) is 0.625. The Bertz CT molecular complexity index is 130. The third-order valence-corrected chi connectivity index (χ3v) is 0.832. The van der Waals surface area contributed by atoms with Gasteiger partial charge in [-0.25, -0.2) is 0 Å². The molecule has 0 aromatic rings. The Kier molecular flexibility index (Phi) is 10.7. The number of carboxylic acid groups (broad SMARTS) is 1. The second-order valence-corrected chi connectivity index (χ2v) is 2.16. The van der Waals surface area contributed by atoms with Crippen LogP contribution in [0.4, 0.5) is 0 Å². The molecule has 0 aliphatic carbocycles. The van der Waals surface area contributed by atoms with Crippen molar-refractivity contribution in [2.24, 2.45) is 0 Å². The lowest BCUT2D eigenvalue weighted by Crippen LogP contribution is -2.74. The molecule has 0 unspecified atom stereocenters. The van der Waals surface area contributed by atoms with E-state index in [2.05, 4.69) is 0 Å². The normalized spacial score (nSPS) is 10.0. The zero-order valence-corrected chi connectivity index (χ0v) is 7.68. The number of hydrogen-bond acceptors (Lipinski definition) is 2. The van der Waals surface area contributed by atoms with Crippen molar-refractivity contribution < 1.29 is 15.2 Å². The van der Waals surface area contributed by atoms with Crippen LogP contribution in [0, 0.1) is 0 Å². The highest BCUT2D eigenvalue weighted by Gasteiger charge is 1.83. The lowest BCUT2D eigenvalue weighted by molar-refractivity contribution is -0.597. The van der Waals surface area contributed by atoms with E-state index in [4.69, 9.17) is 0 Å². The third kappa shape index (κ3) is 12.4. The molecule has 0 aromatic carbocycles. The predicted molar refractivity (Wildman–Crippen MR) is 42.8 cm³/mol. The molecular weight excluding hydrogens is 142 g/mol. The topological polar surface area (TPSA) is 56.7 Å². The zero-order valence-electron chi connectivity index (χ0n) is 7.68. The molecule has 2 N–H and O–H groups in total. The maximum absolute atomic E-state index is 9.91. The smallest absolute Gasteiger partial charge is 0.0668 e. The van der Waals surface area contributed by atoms with Gasteiger partial charge in [-0.1, -0.05) is 13.0 Å². The van der Waals surface area contributed by atoms with Gasteiger partial charge in [0.15, 0.2) is 0 Å². The minimum Gasteiger partial charge on any atom is -0.545 e. The van der Waals surface area contributed by atoms with Crippen molar-refractivity contribution in [3.8, 4) is 0 Å². The molecule has 0 rings (SSSR count). The van der Waals surface area contributed by atoms with Crippen LogP contribution < -0.4 is 10.4 Å². The molecule has 0 aromatic heterocycles. The minimum atomic E-state index is -1.08. The summed E-state index contributed by atoms with van der Waals surface area (Å²) in [5.41, 5.74) is 0.313. The maximum atomic E-state index is 9.91. The monoisotopic (exact) mass is 159 g/mol. The summed E-state index contributed by atoms with van der Waals surface area (Å²) in [5, 5.41) is 11.9. The molecule has 0 spiro atoms. The van der Waals surface area contributed by atoms with Gasteiger partial charge in [-0.15, -0.1) is 0 Å². The van der Waals surface area contributed by atoms with Crippen LogP contribution in [0.25, 0.3) is 0 Å². The van der Waals surface area contributed by atoms with Crippen LogP contribution in [0.5, 0.6) is 0 Å². The van der Waals surface area contributed by atoms with E-state index < -0.39 is 5.97 Å². The molecule has 0 bridgehead atoms. The summed E-state index contributed by atoms with van der Waals surface area (Å²) < 4.78 is 0. The Balaban J connectivity index is 0. The first-order chi connectivity index (χ1) is 5.09. The van der Waals surface area contributed by atoms with Crippen molar-refractivity contribution in [1.82, 2.24) is 0 Å². The summed E-state index contributed by atoms with van der Waals surface area (Å²) in [4.78, 5) is 9.91. The molecule has 0 saturated heterocycles. The zero-order chi connectivity index (χ0) is 9.28. The third-order valence-electron chi connectivity index (χ3n) is 0.832. The molecule has 0 atom stereocenters. The average molecular weight is 159 g/mol. The number of nitrogens with two attached hydrogens (primary N) is 1. The Morgan fingerprint density at radius 2 is 1.91 bits per heavy atom. The summed E-state index contributed by atoms with van der Waals surface area (Å²) in [7, 11) is 4.00. The molecule has 0 saturated carbocycles. The van der Waals surface area contributed by atoms with Gasteiger partial charge in [-0.2, -0.15) is 0 Å². The van der Waals surface area contributed by atoms with Gasteiger partial charge in [-0.05, 0) is 18.9 Å². The highest BCUT2D eigenvalue weighted by atomic mass is 16.4. The van der Waals surface area contributed by atoms with Crippen molar-refractivity contribution in [2.45, 2.75) is 20.3 Å². The van der Waals surface area contributed by atoms with Crippen LogP contribution in [0.15, 0.2) is 11.6 Å². The van der Waals surface area contributed by atoms with Gasteiger partial charge in [0.1, 0.15) is 0 Å². The van der Waals surface area contributed by atoms with Gasteiger partial charge in [0, 0.05) is 0 Å². The van der Waals surface area contributed by atoms with Crippen LogP contribution in [0.1, 0.15) is 20.3 Å². The molecule has 0 radical (unpaired) electrons. The van der Waals surface area contributed by atoms with Gasteiger partial charge in [0.25, 0.3) is 0 Å². The standard InChI is InChI=1S/C6H10O2.C2H7N/c1-3-4-5(2)6(7)8;1-3-2/h4H,3H2,1-2H3,(H,7,8);3H,1-2H3/b5-4+;. The summed E-state index contributed by atoms with van der Waals surface area (Å²) in [5.74, 6) is -1.08.